The van der Waals surface area contributed by atoms with Crippen molar-refractivity contribution in [3.05, 3.63) is 0 Å². The molecule has 0 saturated carbocycles. The van der Waals surface area contributed by atoms with Gasteiger partial charge >= 0.3 is 6.16 Å². The SMILES string of the molecule is CCCCCC(C)(OCC)OC(=O)O. The highest BCUT2D eigenvalue weighted by atomic mass is 16.8. The quantitative estimate of drug-likeness (QED) is 0.393. The topological polar surface area (TPSA) is 55.8 Å². The second kappa shape index (κ2) is 6.65. The molecule has 0 radical (unpaired) electrons. The molecule has 0 aromatic heterocycles. The molecule has 4 heteroatoms. The maximum atomic E-state index is 10.4. The van der Waals surface area contributed by atoms with Gasteiger partial charge in [-0.15, -0.1) is 0 Å². The van der Waals surface area contributed by atoms with Crippen LogP contribution >= 0.6 is 0 Å². The fourth-order valence-electron chi connectivity index (χ4n) is 1.34. The van der Waals surface area contributed by atoms with Crippen molar-refractivity contribution in [3.63, 3.8) is 0 Å². The van der Waals surface area contributed by atoms with Crippen molar-refractivity contribution in [3.8, 4) is 0 Å². The largest absolute Gasteiger partial charge is 0.508 e. The van der Waals surface area contributed by atoms with Crippen LogP contribution in [0, 0.1) is 0 Å². The first kappa shape index (κ1) is 13.2. The Kier molecular flexibility index (Phi) is 6.28. The normalized spacial score (nSPS) is 14.8. The lowest BCUT2D eigenvalue weighted by Crippen LogP contribution is -2.34. The van der Waals surface area contributed by atoms with Crippen molar-refractivity contribution in [2.75, 3.05) is 6.61 Å². The van der Waals surface area contributed by atoms with Crippen LogP contribution in [-0.2, 0) is 9.47 Å². The van der Waals surface area contributed by atoms with Gasteiger partial charge in [0.25, 0.3) is 0 Å². The minimum absolute atomic E-state index is 0.454. The Morgan fingerprint density at radius 3 is 2.43 bits per heavy atom. The van der Waals surface area contributed by atoms with E-state index in [2.05, 4.69) is 6.92 Å². The highest BCUT2D eigenvalue weighted by molar-refractivity contribution is 5.57. The lowest BCUT2D eigenvalue weighted by molar-refractivity contribution is -0.200. The third-order valence-corrected chi connectivity index (χ3v) is 1.99. The third-order valence-electron chi connectivity index (χ3n) is 1.99. The van der Waals surface area contributed by atoms with Crippen molar-refractivity contribution in [1.82, 2.24) is 0 Å². The van der Waals surface area contributed by atoms with Gasteiger partial charge in [0.1, 0.15) is 0 Å². The Morgan fingerprint density at radius 1 is 1.36 bits per heavy atom. The van der Waals surface area contributed by atoms with Crippen LogP contribution in [0.5, 0.6) is 0 Å². The van der Waals surface area contributed by atoms with E-state index < -0.39 is 11.9 Å². The van der Waals surface area contributed by atoms with Crippen molar-refractivity contribution in [1.29, 1.82) is 0 Å². The second-order valence-electron chi connectivity index (χ2n) is 3.39. The summed E-state index contributed by atoms with van der Waals surface area (Å²) < 4.78 is 10.0. The van der Waals surface area contributed by atoms with E-state index in [9.17, 15) is 4.79 Å². The maximum Gasteiger partial charge on any atom is 0.508 e. The molecular formula is C10H20O4. The Labute approximate surface area is 85.2 Å². The first-order valence-electron chi connectivity index (χ1n) is 5.10. The summed E-state index contributed by atoms with van der Waals surface area (Å²) in [6.45, 7) is 6.04. The van der Waals surface area contributed by atoms with Gasteiger partial charge in [0.05, 0.1) is 0 Å². The van der Waals surface area contributed by atoms with E-state index in [1.54, 1.807) is 6.92 Å². The van der Waals surface area contributed by atoms with Gasteiger partial charge in [-0.3, -0.25) is 0 Å². The molecule has 1 N–H and O–H groups in total. The van der Waals surface area contributed by atoms with E-state index in [1.807, 2.05) is 6.92 Å². The van der Waals surface area contributed by atoms with E-state index in [0.29, 0.717) is 13.0 Å². The van der Waals surface area contributed by atoms with E-state index in [4.69, 9.17) is 14.6 Å². The van der Waals surface area contributed by atoms with Crippen molar-refractivity contribution < 1.29 is 19.4 Å². The molecule has 84 valence electrons. The van der Waals surface area contributed by atoms with E-state index in [1.165, 1.54) is 0 Å². The maximum absolute atomic E-state index is 10.4. The second-order valence-corrected chi connectivity index (χ2v) is 3.39. The summed E-state index contributed by atoms with van der Waals surface area (Å²) in [5, 5.41) is 8.53. The molecule has 0 aromatic rings. The molecular weight excluding hydrogens is 184 g/mol. The number of carboxylic acid groups (broad SMARTS) is 1. The van der Waals surface area contributed by atoms with Crippen molar-refractivity contribution in [2.45, 2.75) is 52.2 Å². The van der Waals surface area contributed by atoms with Gasteiger partial charge in [-0.05, 0) is 13.3 Å². The lowest BCUT2D eigenvalue weighted by Gasteiger charge is -2.27. The van der Waals surface area contributed by atoms with Crippen molar-refractivity contribution in [2.24, 2.45) is 0 Å². The Hall–Kier alpha value is -0.770. The van der Waals surface area contributed by atoms with Gasteiger partial charge in [-0.25, -0.2) is 4.79 Å². The molecule has 0 spiro atoms. The summed E-state index contributed by atoms with van der Waals surface area (Å²) in [7, 11) is 0. The summed E-state index contributed by atoms with van der Waals surface area (Å²) in [6, 6.07) is 0. The molecule has 0 aliphatic rings. The Bertz CT molecular complexity index is 170. The number of hydrogen-bond acceptors (Lipinski definition) is 3. The summed E-state index contributed by atoms with van der Waals surface area (Å²) in [6.07, 6.45) is 2.40. The van der Waals surface area contributed by atoms with Gasteiger partial charge in [0.2, 0.25) is 5.79 Å². The first-order valence-corrected chi connectivity index (χ1v) is 5.10. The van der Waals surface area contributed by atoms with Crippen molar-refractivity contribution >= 4 is 6.16 Å². The number of rotatable bonds is 7. The predicted molar refractivity (Wildman–Crippen MR) is 53.3 cm³/mol. The predicted octanol–water partition coefficient (Wildman–Crippen LogP) is 3.01. The van der Waals surface area contributed by atoms with Crippen LogP contribution in [0.1, 0.15) is 46.5 Å². The molecule has 0 saturated heterocycles. The van der Waals surface area contributed by atoms with Crippen LogP contribution in [0.15, 0.2) is 0 Å². The van der Waals surface area contributed by atoms with Crippen LogP contribution < -0.4 is 0 Å². The van der Waals surface area contributed by atoms with Gasteiger partial charge in [-0.2, -0.15) is 0 Å². The summed E-state index contributed by atoms with van der Waals surface area (Å²) in [5.74, 6) is -0.976. The summed E-state index contributed by atoms with van der Waals surface area (Å²) in [4.78, 5) is 10.4. The molecule has 0 rings (SSSR count). The molecule has 1 unspecified atom stereocenters. The average Bonchev–Trinajstić information content (AvgIpc) is 2.03. The molecule has 0 aliphatic heterocycles. The van der Waals surface area contributed by atoms with E-state index in [0.717, 1.165) is 19.3 Å². The van der Waals surface area contributed by atoms with Crippen LogP contribution in [0.4, 0.5) is 4.79 Å². The molecule has 0 bridgehead atoms. The zero-order valence-corrected chi connectivity index (χ0v) is 9.21. The van der Waals surface area contributed by atoms with Gasteiger partial charge in [0.15, 0.2) is 0 Å². The molecule has 1 atom stereocenters. The number of unbranched alkanes of at least 4 members (excludes halogenated alkanes) is 2. The third kappa shape index (κ3) is 5.80. The first-order chi connectivity index (χ1) is 6.54. The highest BCUT2D eigenvalue weighted by Gasteiger charge is 2.28. The monoisotopic (exact) mass is 204 g/mol. The number of carbonyl (C=O) groups is 1. The molecule has 14 heavy (non-hydrogen) atoms. The molecule has 0 aromatic carbocycles. The van der Waals surface area contributed by atoms with Crippen LogP contribution in [0.3, 0.4) is 0 Å². The van der Waals surface area contributed by atoms with Crippen LogP contribution in [-0.4, -0.2) is 23.7 Å². The van der Waals surface area contributed by atoms with Gasteiger partial charge in [0, 0.05) is 20.0 Å². The summed E-state index contributed by atoms with van der Waals surface area (Å²) in [5.41, 5.74) is 0. The van der Waals surface area contributed by atoms with Crippen LogP contribution in [0.2, 0.25) is 0 Å². The summed E-state index contributed by atoms with van der Waals surface area (Å²) >= 11 is 0. The number of hydrogen-bond donors (Lipinski definition) is 1. The van der Waals surface area contributed by atoms with Gasteiger partial charge in [-0.1, -0.05) is 19.8 Å². The van der Waals surface area contributed by atoms with Crippen LogP contribution in [0.25, 0.3) is 0 Å². The zero-order valence-electron chi connectivity index (χ0n) is 9.21. The fraction of sp³-hybridized carbons (Fsp3) is 0.900. The van der Waals surface area contributed by atoms with E-state index >= 15 is 0 Å². The van der Waals surface area contributed by atoms with E-state index in [-0.39, 0.29) is 0 Å². The lowest BCUT2D eigenvalue weighted by atomic mass is 10.1. The fourth-order valence-corrected chi connectivity index (χ4v) is 1.34. The highest BCUT2D eigenvalue weighted by Crippen LogP contribution is 2.21. The number of ether oxygens (including phenoxy) is 2. The standard InChI is InChI=1S/C10H20O4/c1-4-6-7-8-10(3,13-5-2)14-9(11)12/h4-8H2,1-3H3,(H,11,12). The van der Waals surface area contributed by atoms with Gasteiger partial charge < -0.3 is 14.6 Å². The molecule has 0 aliphatic carbocycles. The Balaban J connectivity index is 4.02. The zero-order chi connectivity index (χ0) is 11.0. The molecule has 0 amide bonds. The Morgan fingerprint density at radius 2 is 2.00 bits per heavy atom. The molecule has 0 fully saturated rings. The smallest absolute Gasteiger partial charge is 0.450 e. The minimum atomic E-state index is -1.28. The average molecular weight is 204 g/mol. The molecule has 0 heterocycles. The minimum Gasteiger partial charge on any atom is -0.450 e. The molecule has 4 nitrogen and oxygen atoms in total.